The summed E-state index contributed by atoms with van der Waals surface area (Å²) in [5.74, 6) is -0.192. The molecule has 1 aromatic rings. The lowest BCUT2D eigenvalue weighted by molar-refractivity contribution is -0.137. The fourth-order valence-electron chi connectivity index (χ4n) is 4.94. The van der Waals surface area contributed by atoms with Gasteiger partial charge < -0.3 is 29.7 Å². The molecule has 9 nitrogen and oxygen atoms in total. The van der Waals surface area contributed by atoms with E-state index in [1.54, 1.807) is 17.0 Å². The van der Waals surface area contributed by atoms with E-state index in [9.17, 15) is 19.5 Å². The number of anilines is 1. The summed E-state index contributed by atoms with van der Waals surface area (Å²) in [6, 6.07) is 4.64. The maximum atomic E-state index is 13.4. The van der Waals surface area contributed by atoms with E-state index in [1.165, 1.54) is 0 Å². The van der Waals surface area contributed by atoms with Crippen molar-refractivity contribution in [1.82, 2.24) is 10.2 Å². The maximum absolute atomic E-state index is 13.4. The summed E-state index contributed by atoms with van der Waals surface area (Å²) >= 11 is 0. The van der Waals surface area contributed by atoms with Gasteiger partial charge in [-0.25, -0.2) is 9.59 Å². The number of rotatable bonds is 9. The number of aromatic carboxylic acids is 1. The first-order valence-electron chi connectivity index (χ1n) is 13.3. The van der Waals surface area contributed by atoms with Crippen LogP contribution in [0.4, 0.5) is 10.5 Å². The van der Waals surface area contributed by atoms with Crippen LogP contribution in [0.5, 0.6) is 5.75 Å². The van der Waals surface area contributed by atoms with E-state index < -0.39 is 23.7 Å². The van der Waals surface area contributed by atoms with Crippen LogP contribution in [0.2, 0.25) is 0 Å². The summed E-state index contributed by atoms with van der Waals surface area (Å²) in [5, 5.41) is 12.3. The van der Waals surface area contributed by atoms with E-state index in [2.05, 4.69) is 5.32 Å². The van der Waals surface area contributed by atoms with Crippen LogP contribution in [0.25, 0.3) is 0 Å². The van der Waals surface area contributed by atoms with Crippen molar-refractivity contribution in [3.8, 4) is 5.75 Å². The third-order valence-corrected chi connectivity index (χ3v) is 7.41. The summed E-state index contributed by atoms with van der Waals surface area (Å²) in [6.45, 7) is 5.90. The molecule has 206 valence electrons. The lowest BCUT2D eigenvalue weighted by Gasteiger charge is -2.40. The van der Waals surface area contributed by atoms with Gasteiger partial charge in [0, 0.05) is 38.9 Å². The molecular formula is C28H43N3O6. The predicted octanol–water partition coefficient (Wildman–Crippen LogP) is 4.54. The topological polar surface area (TPSA) is 108 Å². The van der Waals surface area contributed by atoms with Gasteiger partial charge in [0.25, 0.3) is 0 Å². The molecule has 3 rings (SSSR count). The van der Waals surface area contributed by atoms with Crippen molar-refractivity contribution in [2.45, 2.75) is 83.4 Å². The monoisotopic (exact) mass is 517 g/mol. The average molecular weight is 518 g/mol. The summed E-state index contributed by atoms with van der Waals surface area (Å²) in [4.78, 5) is 41.2. The minimum absolute atomic E-state index is 0.0227. The van der Waals surface area contributed by atoms with Crippen molar-refractivity contribution < 1.29 is 29.0 Å². The fraction of sp³-hybridized carbons (Fsp3) is 0.679. The van der Waals surface area contributed by atoms with E-state index in [0.29, 0.717) is 12.4 Å². The van der Waals surface area contributed by atoms with Gasteiger partial charge in [-0.1, -0.05) is 0 Å². The molecule has 0 aromatic heterocycles. The number of benzene rings is 1. The number of nitrogens with one attached hydrogen (secondary N) is 1. The van der Waals surface area contributed by atoms with Gasteiger partial charge in [0.05, 0.1) is 12.2 Å². The quantitative estimate of drug-likeness (QED) is 0.495. The van der Waals surface area contributed by atoms with Crippen LogP contribution < -0.4 is 15.0 Å². The highest BCUT2D eigenvalue weighted by Crippen LogP contribution is 2.34. The highest BCUT2D eigenvalue weighted by molar-refractivity contribution is 5.89. The first-order chi connectivity index (χ1) is 17.3. The van der Waals surface area contributed by atoms with Crippen molar-refractivity contribution in [2.75, 3.05) is 32.6 Å². The second kappa shape index (κ2) is 12.0. The molecule has 1 atom stereocenters. The zero-order valence-corrected chi connectivity index (χ0v) is 23.1. The summed E-state index contributed by atoms with van der Waals surface area (Å²) in [6.07, 6.45) is 5.87. The summed E-state index contributed by atoms with van der Waals surface area (Å²) < 4.78 is 11.5. The number of amides is 2. The maximum Gasteiger partial charge on any atom is 0.408 e. The number of carboxylic acid groups (broad SMARTS) is 1. The molecule has 0 radical (unpaired) electrons. The van der Waals surface area contributed by atoms with Crippen LogP contribution in [0.3, 0.4) is 0 Å². The fourth-order valence-corrected chi connectivity index (χ4v) is 4.94. The molecule has 2 amide bonds. The number of carboxylic acids is 1. The minimum atomic E-state index is -0.992. The normalized spacial score (nSPS) is 20.8. The van der Waals surface area contributed by atoms with Crippen LogP contribution in [0.15, 0.2) is 18.2 Å². The summed E-state index contributed by atoms with van der Waals surface area (Å²) in [5.41, 5.74) is 0.315. The number of likely N-dealkylation sites (N-methyl/N-ethyl adjacent to an activating group) is 1. The molecule has 9 heteroatoms. The van der Waals surface area contributed by atoms with E-state index >= 15 is 0 Å². The molecule has 0 spiro atoms. The minimum Gasteiger partial charge on any atom is -0.493 e. The van der Waals surface area contributed by atoms with Gasteiger partial charge in [0.2, 0.25) is 5.91 Å². The van der Waals surface area contributed by atoms with Crippen molar-refractivity contribution in [1.29, 1.82) is 0 Å². The highest BCUT2D eigenvalue weighted by Gasteiger charge is 2.38. The molecule has 2 aliphatic carbocycles. The van der Waals surface area contributed by atoms with Crippen LogP contribution >= 0.6 is 0 Å². The van der Waals surface area contributed by atoms with Crippen molar-refractivity contribution >= 4 is 23.7 Å². The Morgan fingerprint density at radius 2 is 1.68 bits per heavy atom. The number of carbonyl (C=O) groups excluding carboxylic acids is 2. The number of hydrogen-bond acceptors (Lipinski definition) is 6. The third kappa shape index (κ3) is 8.01. The molecule has 2 N–H and O–H groups in total. The Morgan fingerprint density at radius 3 is 2.19 bits per heavy atom. The first kappa shape index (κ1) is 28.6. The molecule has 2 fully saturated rings. The Kier molecular flexibility index (Phi) is 9.31. The average Bonchev–Trinajstić information content (AvgIpc) is 2.78. The zero-order valence-electron chi connectivity index (χ0n) is 23.1. The van der Waals surface area contributed by atoms with Gasteiger partial charge in [-0.3, -0.25) is 4.79 Å². The predicted molar refractivity (Wildman–Crippen MR) is 142 cm³/mol. The Hall–Kier alpha value is -2.97. The van der Waals surface area contributed by atoms with Crippen LogP contribution in [-0.4, -0.2) is 73.4 Å². The molecule has 0 saturated heterocycles. The Morgan fingerprint density at radius 1 is 1.03 bits per heavy atom. The van der Waals surface area contributed by atoms with E-state index in [0.717, 1.165) is 50.6 Å². The number of alkyl carbamates (subject to hydrolysis) is 1. The van der Waals surface area contributed by atoms with Gasteiger partial charge in [-0.2, -0.15) is 0 Å². The summed E-state index contributed by atoms with van der Waals surface area (Å²) in [7, 11) is 5.55. The second-order valence-corrected chi connectivity index (χ2v) is 11.7. The van der Waals surface area contributed by atoms with Gasteiger partial charge >= 0.3 is 12.1 Å². The van der Waals surface area contributed by atoms with Crippen molar-refractivity contribution in [3.63, 3.8) is 0 Å². The molecule has 0 bridgehead atoms. The van der Waals surface area contributed by atoms with E-state index in [-0.39, 0.29) is 29.3 Å². The van der Waals surface area contributed by atoms with Gasteiger partial charge in [0.15, 0.2) is 0 Å². The highest BCUT2D eigenvalue weighted by atomic mass is 16.6. The Labute approximate surface area is 220 Å². The molecule has 0 heterocycles. The van der Waals surface area contributed by atoms with Crippen molar-refractivity contribution in [3.05, 3.63) is 23.8 Å². The van der Waals surface area contributed by atoms with Crippen LogP contribution in [-0.2, 0) is 9.53 Å². The first-order valence-corrected chi connectivity index (χ1v) is 13.3. The Bertz CT molecular complexity index is 961. The zero-order chi connectivity index (χ0) is 27.3. The van der Waals surface area contributed by atoms with E-state index in [1.807, 2.05) is 52.9 Å². The van der Waals surface area contributed by atoms with Gasteiger partial charge in [-0.15, -0.1) is 0 Å². The number of hydrogen-bond donors (Lipinski definition) is 2. The number of ether oxygens (including phenoxy) is 2. The SMILES string of the molecule is CN(C)c1cc(OC[C@H]2CC[C@H]([C@H](NC(=O)OC(C)(C)C)C(=O)N(C)C3CCC3)CC2)cc(C(=O)O)c1. The molecule has 0 aliphatic heterocycles. The second-order valence-electron chi connectivity index (χ2n) is 11.7. The van der Waals surface area contributed by atoms with Crippen LogP contribution in [0.1, 0.15) is 76.1 Å². The number of nitrogens with zero attached hydrogens (tertiary/aromatic N) is 2. The van der Waals surface area contributed by atoms with Gasteiger partial charge in [0.1, 0.15) is 17.4 Å². The number of carbonyl (C=O) groups is 3. The smallest absolute Gasteiger partial charge is 0.408 e. The molecule has 2 aliphatic rings. The van der Waals surface area contributed by atoms with Crippen LogP contribution in [0, 0.1) is 11.8 Å². The van der Waals surface area contributed by atoms with E-state index in [4.69, 9.17) is 9.47 Å². The standard InChI is InChI=1S/C28H43N3O6/c1-28(2,3)37-27(35)29-24(25(32)31(6)21-8-7-9-21)19-12-10-18(11-13-19)17-36-23-15-20(26(33)34)14-22(16-23)30(4)5/h14-16,18-19,21,24H,7-13,17H2,1-6H3,(H,29,35)(H,33,34)/t18-,19-,24-/m0/s1. The molecular weight excluding hydrogens is 474 g/mol. The lowest BCUT2D eigenvalue weighted by Crippen LogP contribution is -2.55. The Balaban J connectivity index is 1.62. The molecule has 1 aromatic carbocycles. The molecule has 37 heavy (non-hydrogen) atoms. The molecule has 2 saturated carbocycles. The lowest BCUT2D eigenvalue weighted by atomic mass is 9.78. The van der Waals surface area contributed by atoms with Crippen molar-refractivity contribution in [2.24, 2.45) is 11.8 Å². The third-order valence-electron chi connectivity index (χ3n) is 7.41. The largest absolute Gasteiger partial charge is 0.493 e. The molecule has 0 unspecified atom stereocenters. The van der Waals surface area contributed by atoms with Gasteiger partial charge in [-0.05, 0) is 89.7 Å².